The third kappa shape index (κ3) is 3.39. The van der Waals surface area contributed by atoms with Gasteiger partial charge in [0, 0.05) is 25.2 Å². The smallest absolute Gasteiger partial charge is 0.246 e. The SMILES string of the molecule is O=C(C=Cc1cc(F)cc(F)c1)N1CCCCC1. The lowest BCUT2D eigenvalue weighted by Crippen LogP contribution is -2.34. The molecule has 1 aromatic rings. The van der Waals surface area contributed by atoms with E-state index in [1.807, 2.05) is 0 Å². The van der Waals surface area contributed by atoms with Crippen molar-refractivity contribution in [2.75, 3.05) is 13.1 Å². The van der Waals surface area contributed by atoms with Gasteiger partial charge in [0.15, 0.2) is 0 Å². The van der Waals surface area contributed by atoms with Crippen molar-refractivity contribution in [1.82, 2.24) is 4.90 Å². The van der Waals surface area contributed by atoms with E-state index in [9.17, 15) is 13.6 Å². The highest BCUT2D eigenvalue weighted by Crippen LogP contribution is 2.12. The van der Waals surface area contributed by atoms with Gasteiger partial charge in [-0.15, -0.1) is 0 Å². The van der Waals surface area contributed by atoms with Gasteiger partial charge in [-0.05, 0) is 43.0 Å². The Kier molecular flexibility index (Phi) is 4.07. The largest absolute Gasteiger partial charge is 0.339 e. The number of likely N-dealkylation sites (tertiary alicyclic amines) is 1. The fraction of sp³-hybridized carbons (Fsp3) is 0.357. The van der Waals surface area contributed by atoms with E-state index in [2.05, 4.69) is 0 Å². The Morgan fingerprint density at radius 1 is 1.06 bits per heavy atom. The molecule has 0 unspecified atom stereocenters. The Morgan fingerprint density at radius 3 is 2.28 bits per heavy atom. The van der Waals surface area contributed by atoms with E-state index >= 15 is 0 Å². The monoisotopic (exact) mass is 251 g/mol. The van der Waals surface area contributed by atoms with Gasteiger partial charge in [0.25, 0.3) is 0 Å². The lowest BCUT2D eigenvalue weighted by Gasteiger charge is -2.25. The van der Waals surface area contributed by atoms with E-state index in [0.29, 0.717) is 5.56 Å². The van der Waals surface area contributed by atoms with Crippen molar-refractivity contribution in [3.05, 3.63) is 41.5 Å². The van der Waals surface area contributed by atoms with Crippen molar-refractivity contribution in [3.63, 3.8) is 0 Å². The molecule has 1 heterocycles. The van der Waals surface area contributed by atoms with Crippen molar-refractivity contribution in [1.29, 1.82) is 0 Å². The van der Waals surface area contributed by atoms with Crippen molar-refractivity contribution in [2.45, 2.75) is 19.3 Å². The summed E-state index contributed by atoms with van der Waals surface area (Å²) in [6.45, 7) is 1.53. The molecular weight excluding hydrogens is 236 g/mol. The van der Waals surface area contributed by atoms with Crippen LogP contribution in [0.15, 0.2) is 24.3 Å². The summed E-state index contributed by atoms with van der Waals surface area (Å²) in [6, 6.07) is 3.20. The van der Waals surface area contributed by atoms with Crippen LogP contribution in [0.2, 0.25) is 0 Å². The highest BCUT2D eigenvalue weighted by Gasteiger charge is 2.13. The highest BCUT2D eigenvalue weighted by atomic mass is 19.1. The molecule has 0 atom stereocenters. The molecular formula is C14H15F2NO. The molecule has 0 aliphatic carbocycles. The highest BCUT2D eigenvalue weighted by molar-refractivity contribution is 5.91. The summed E-state index contributed by atoms with van der Waals surface area (Å²) < 4.78 is 25.9. The first-order valence-corrected chi connectivity index (χ1v) is 6.08. The third-order valence-electron chi connectivity index (χ3n) is 2.97. The lowest BCUT2D eigenvalue weighted by atomic mass is 10.1. The molecule has 0 saturated carbocycles. The van der Waals surface area contributed by atoms with Gasteiger partial charge in [0.1, 0.15) is 11.6 Å². The second kappa shape index (κ2) is 5.76. The Hall–Kier alpha value is -1.71. The van der Waals surface area contributed by atoms with E-state index in [0.717, 1.165) is 38.4 Å². The summed E-state index contributed by atoms with van der Waals surface area (Å²) in [7, 11) is 0. The minimum absolute atomic E-state index is 0.0978. The molecule has 96 valence electrons. The molecule has 0 bridgehead atoms. The molecule has 0 aromatic heterocycles. The quantitative estimate of drug-likeness (QED) is 0.740. The van der Waals surface area contributed by atoms with Crippen molar-refractivity contribution in [3.8, 4) is 0 Å². The molecule has 1 aromatic carbocycles. The molecule has 1 amide bonds. The molecule has 2 nitrogen and oxygen atoms in total. The van der Waals surface area contributed by atoms with Crippen LogP contribution in [0, 0.1) is 11.6 Å². The van der Waals surface area contributed by atoms with Crippen molar-refractivity contribution >= 4 is 12.0 Å². The van der Waals surface area contributed by atoms with Crippen LogP contribution in [0.25, 0.3) is 6.08 Å². The van der Waals surface area contributed by atoms with Crippen LogP contribution in [0.5, 0.6) is 0 Å². The second-order valence-electron chi connectivity index (χ2n) is 4.42. The van der Waals surface area contributed by atoms with Crippen LogP contribution < -0.4 is 0 Å². The van der Waals surface area contributed by atoms with Crippen LogP contribution in [0.1, 0.15) is 24.8 Å². The normalized spacial score (nSPS) is 16.2. The third-order valence-corrected chi connectivity index (χ3v) is 2.97. The van der Waals surface area contributed by atoms with Crippen molar-refractivity contribution in [2.24, 2.45) is 0 Å². The van der Waals surface area contributed by atoms with Gasteiger partial charge < -0.3 is 4.90 Å². The number of nitrogens with zero attached hydrogens (tertiary/aromatic N) is 1. The number of hydrogen-bond donors (Lipinski definition) is 0. The van der Waals surface area contributed by atoms with E-state index in [4.69, 9.17) is 0 Å². The average Bonchev–Trinajstić information content (AvgIpc) is 2.36. The average molecular weight is 251 g/mol. The van der Waals surface area contributed by atoms with Gasteiger partial charge in [0.2, 0.25) is 5.91 Å². The summed E-state index contributed by atoms with van der Waals surface area (Å²) in [5, 5.41) is 0. The van der Waals surface area contributed by atoms with E-state index in [-0.39, 0.29) is 5.91 Å². The maximum atomic E-state index is 12.9. The maximum Gasteiger partial charge on any atom is 0.246 e. The van der Waals surface area contributed by atoms with E-state index in [1.54, 1.807) is 4.90 Å². The van der Waals surface area contributed by atoms with Crippen molar-refractivity contribution < 1.29 is 13.6 Å². The minimum Gasteiger partial charge on any atom is -0.339 e. The van der Waals surface area contributed by atoms with Crippen LogP contribution in [-0.4, -0.2) is 23.9 Å². The summed E-state index contributed by atoms with van der Waals surface area (Å²) in [6.07, 6.45) is 6.02. The number of benzene rings is 1. The molecule has 0 spiro atoms. The molecule has 4 heteroatoms. The molecule has 2 rings (SSSR count). The fourth-order valence-electron chi connectivity index (χ4n) is 2.06. The lowest BCUT2D eigenvalue weighted by molar-refractivity contribution is -0.126. The summed E-state index contributed by atoms with van der Waals surface area (Å²) >= 11 is 0. The van der Waals surface area contributed by atoms with Gasteiger partial charge >= 0.3 is 0 Å². The second-order valence-corrected chi connectivity index (χ2v) is 4.42. The number of carbonyl (C=O) groups excluding carboxylic acids is 1. The van der Waals surface area contributed by atoms with Gasteiger partial charge in [-0.1, -0.05) is 0 Å². The fourth-order valence-corrected chi connectivity index (χ4v) is 2.06. The first-order chi connectivity index (χ1) is 8.65. The molecule has 1 aliphatic heterocycles. The topological polar surface area (TPSA) is 20.3 Å². The van der Waals surface area contributed by atoms with Crippen LogP contribution in [0.4, 0.5) is 8.78 Å². The zero-order chi connectivity index (χ0) is 13.0. The molecule has 1 aliphatic rings. The Morgan fingerprint density at radius 2 is 1.67 bits per heavy atom. The first-order valence-electron chi connectivity index (χ1n) is 6.08. The number of hydrogen-bond acceptors (Lipinski definition) is 1. The predicted molar refractivity (Wildman–Crippen MR) is 65.8 cm³/mol. The molecule has 18 heavy (non-hydrogen) atoms. The summed E-state index contributed by atoms with van der Waals surface area (Å²) in [5.74, 6) is -1.38. The number of halogens is 2. The molecule has 0 radical (unpaired) electrons. The summed E-state index contributed by atoms with van der Waals surface area (Å²) in [4.78, 5) is 13.6. The Bertz CT molecular complexity index is 445. The van der Waals surface area contributed by atoms with Crippen LogP contribution in [0.3, 0.4) is 0 Å². The van der Waals surface area contributed by atoms with Gasteiger partial charge in [-0.2, -0.15) is 0 Å². The molecule has 1 fully saturated rings. The zero-order valence-corrected chi connectivity index (χ0v) is 10.0. The first kappa shape index (κ1) is 12.7. The van der Waals surface area contributed by atoms with E-state index < -0.39 is 11.6 Å². The number of carbonyl (C=O) groups is 1. The Labute approximate surface area is 105 Å². The van der Waals surface area contributed by atoms with Gasteiger partial charge in [-0.3, -0.25) is 4.79 Å². The molecule has 1 saturated heterocycles. The standard InChI is InChI=1S/C14H15F2NO/c15-12-8-11(9-13(16)10-12)4-5-14(18)17-6-2-1-3-7-17/h4-5,8-10H,1-3,6-7H2. The maximum absolute atomic E-state index is 12.9. The predicted octanol–water partition coefficient (Wildman–Crippen LogP) is 2.99. The van der Waals surface area contributed by atoms with Gasteiger partial charge in [-0.25, -0.2) is 8.78 Å². The summed E-state index contributed by atoms with van der Waals surface area (Å²) in [5.41, 5.74) is 0.359. The van der Waals surface area contributed by atoms with Crippen LogP contribution >= 0.6 is 0 Å². The van der Waals surface area contributed by atoms with E-state index in [1.165, 1.54) is 24.3 Å². The molecule has 0 N–H and O–H groups in total. The minimum atomic E-state index is -0.639. The number of amides is 1. The van der Waals surface area contributed by atoms with Crippen LogP contribution in [-0.2, 0) is 4.79 Å². The zero-order valence-electron chi connectivity index (χ0n) is 10.0. The Balaban J connectivity index is 2.03. The number of piperidine rings is 1. The number of rotatable bonds is 2. The van der Waals surface area contributed by atoms with Gasteiger partial charge in [0.05, 0.1) is 0 Å².